The summed E-state index contributed by atoms with van der Waals surface area (Å²) in [5, 5.41) is 0. The summed E-state index contributed by atoms with van der Waals surface area (Å²) in [7, 11) is 0. The second-order valence-electron chi connectivity index (χ2n) is 4.41. The van der Waals surface area contributed by atoms with Gasteiger partial charge in [0.25, 0.3) is 5.91 Å². The van der Waals surface area contributed by atoms with Crippen LogP contribution in [0.4, 0.5) is 0 Å². The fraction of sp³-hybridized carbons (Fsp3) is 0.583. The lowest BCUT2D eigenvalue weighted by Gasteiger charge is -2.08. The molecule has 0 spiro atoms. The maximum Gasteiger partial charge on any atom is 0.275 e. The number of nitrogen functional groups attached to an aromatic ring is 1. The first-order valence-electron chi connectivity index (χ1n) is 5.96. The molecule has 1 atom stereocenters. The van der Waals surface area contributed by atoms with E-state index in [-0.39, 0.29) is 5.91 Å². The fourth-order valence-electron chi connectivity index (χ4n) is 1.90. The van der Waals surface area contributed by atoms with E-state index in [4.69, 9.17) is 15.3 Å². The smallest absolute Gasteiger partial charge is 0.275 e. The molecule has 2 heterocycles. The first-order chi connectivity index (χ1) is 8.70. The fourth-order valence-corrected chi connectivity index (χ4v) is 2.83. The van der Waals surface area contributed by atoms with Crippen molar-refractivity contribution in [1.82, 2.24) is 5.43 Å². The van der Waals surface area contributed by atoms with Gasteiger partial charge in [-0.1, -0.05) is 0 Å². The predicted octanol–water partition coefficient (Wildman–Crippen LogP) is 1.21. The second kappa shape index (κ2) is 6.29. The van der Waals surface area contributed by atoms with Crippen LogP contribution in [-0.2, 0) is 16.1 Å². The molecule has 0 aliphatic carbocycles. The number of hydrazine groups is 1. The molecule has 6 heteroatoms. The molecular weight excluding hydrogens is 252 g/mol. The van der Waals surface area contributed by atoms with Crippen LogP contribution in [0.1, 0.15) is 26.5 Å². The van der Waals surface area contributed by atoms with Gasteiger partial charge in [-0.05, 0) is 25.0 Å². The van der Waals surface area contributed by atoms with E-state index in [2.05, 4.69) is 5.43 Å². The Kier molecular flexibility index (Phi) is 4.71. The van der Waals surface area contributed by atoms with Gasteiger partial charge in [-0.2, -0.15) is 0 Å². The van der Waals surface area contributed by atoms with Crippen LogP contribution < -0.4 is 11.3 Å². The van der Waals surface area contributed by atoms with Gasteiger partial charge in [0.15, 0.2) is 0 Å². The molecule has 0 radical (unpaired) electrons. The maximum atomic E-state index is 11.4. The van der Waals surface area contributed by atoms with E-state index < -0.39 is 0 Å². The average Bonchev–Trinajstić information content (AvgIpc) is 2.99. The second-order valence-corrected chi connectivity index (χ2v) is 5.67. The van der Waals surface area contributed by atoms with E-state index in [0.717, 1.165) is 30.1 Å². The van der Waals surface area contributed by atoms with E-state index in [1.807, 2.05) is 13.0 Å². The molecule has 0 saturated carbocycles. The highest BCUT2D eigenvalue weighted by molar-refractivity contribution is 7.14. The number of nitrogens with two attached hydrogens (primary N) is 1. The lowest BCUT2D eigenvalue weighted by molar-refractivity contribution is 0.0790. The molecule has 1 amide bonds. The van der Waals surface area contributed by atoms with Gasteiger partial charge in [0, 0.05) is 17.4 Å². The molecular formula is C12H18N2O3S. The number of nitrogens with one attached hydrogen (secondary N) is 1. The Bertz CT molecular complexity index is 413. The maximum absolute atomic E-state index is 11.4. The standard InChI is InChI=1S/C12H18N2O3S/c1-8-10(4-11(18-8)12(15)14-13)7-17-6-9-2-3-16-5-9/h4,9H,2-3,5-7,13H2,1H3,(H,14,15). The molecule has 1 fully saturated rings. The van der Waals surface area contributed by atoms with Crippen molar-refractivity contribution in [2.24, 2.45) is 11.8 Å². The van der Waals surface area contributed by atoms with Crippen molar-refractivity contribution >= 4 is 17.2 Å². The number of amides is 1. The van der Waals surface area contributed by atoms with E-state index in [9.17, 15) is 4.79 Å². The minimum absolute atomic E-state index is 0.251. The lowest BCUT2D eigenvalue weighted by atomic mass is 10.1. The van der Waals surface area contributed by atoms with Crippen molar-refractivity contribution in [2.75, 3.05) is 19.8 Å². The molecule has 100 valence electrons. The summed E-state index contributed by atoms with van der Waals surface area (Å²) in [5.41, 5.74) is 3.19. The zero-order valence-electron chi connectivity index (χ0n) is 10.4. The van der Waals surface area contributed by atoms with Crippen molar-refractivity contribution in [1.29, 1.82) is 0 Å². The number of hydrogen-bond acceptors (Lipinski definition) is 5. The third kappa shape index (κ3) is 3.29. The number of rotatable bonds is 5. The first kappa shape index (κ1) is 13.5. The van der Waals surface area contributed by atoms with Crippen LogP contribution in [0, 0.1) is 12.8 Å². The van der Waals surface area contributed by atoms with Gasteiger partial charge in [-0.25, -0.2) is 5.84 Å². The van der Waals surface area contributed by atoms with Crippen molar-refractivity contribution in [2.45, 2.75) is 20.0 Å². The number of thiophene rings is 1. The van der Waals surface area contributed by atoms with Gasteiger partial charge >= 0.3 is 0 Å². The largest absolute Gasteiger partial charge is 0.381 e. The summed E-state index contributed by atoms with van der Waals surface area (Å²) in [6.45, 7) is 4.87. The summed E-state index contributed by atoms with van der Waals surface area (Å²) in [4.78, 5) is 13.1. The van der Waals surface area contributed by atoms with Gasteiger partial charge in [0.05, 0.1) is 24.7 Å². The topological polar surface area (TPSA) is 73.6 Å². The molecule has 1 aromatic heterocycles. The van der Waals surface area contributed by atoms with Crippen LogP contribution in [0.25, 0.3) is 0 Å². The molecule has 1 aliphatic rings. The van der Waals surface area contributed by atoms with Crippen LogP contribution in [0.3, 0.4) is 0 Å². The van der Waals surface area contributed by atoms with E-state index in [1.165, 1.54) is 11.3 Å². The Labute approximate surface area is 110 Å². The Hall–Kier alpha value is -0.950. The number of ether oxygens (including phenoxy) is 2. The average molecular weight is 270 g/mol. The summed E-state index contributed by atoms with van der Waals surface area (Å²) in [5.74, 6) is 5.37. The van der Waals surface area contributed by atoms with Crippen LogP contribution in [0.2, 0.25) is 0 Å². The third-order valence-electron chi connectivity index (χ3n) is 3.01. The normalized spacial score (nSPS) is 19.1. The van der Waals surface area contributed by atoms with E-state index in [0.29, 0.717) is 24.0 Å². The summed E-state index contributed by atoms with van der Waals surface area (Å²) >= 11 is 1.43. The highest BCUT2D eigenvalue weighted by Crippen LogP contribution is 2.22. The molecule has 0 bridgehead atoms. The quantitative estimate of drug-likeness (QED) is 0.479. The van der Waals surface area contributed by atoms with Gasteiger partial charge in [0.2, 0.25) is 0 Å². The Morgan fingerprint density at radius 3 is 3.22 bits per heavy atom. The van der Waals surface area contributed by atoms with E-state index in [1.54, 1.807) is 0 Å². The predicted molar refractivity (Wildman–Crippen MR) is 69.3 cm³/mol. The molecule has 3 N–H and O–H groups in total. The zero-order valence-corrected chi connectivity index (χ0v) is 11.2. The van der Waals surface area contributed by atoms with Crippen molar-refractivity contribution in [3.05, 3.63) is 21.4 Å². The van der Waals surface area contributed by atoms with Crippen LogP contribution >= 0.6 is 11.3 Å². The SMILES string of the molecule is Cc1sc(C(=O)NN)cc1COCC1CCOC1. The third-order valence-corrected chi connectivity index (χ3v) is 4.10. The Balaban J connectivity index is 1.84. The molecule has 2 rings (SSSR count). The highest BCUT2D eigenvalue weighted by atomic mass is 32.1. The molecule has 18 heavy (non-hydrogen) atoms. The molecule has 1 unspecified atom stereocenters. The van der Waals surface area contributed by atoms with Gasteiger partial charge in [-0.15, -0.1) is 11.3 Å². The highest BCUT2D eigenvalue weighted by Gasteiger charge is 2.16. The van der Waals surface area contributed by atoms with Crippen LogP contribution in [0.5, 0.6) is 0 Å². The van der Waals surface area contributed by atoms with Crippen molar-refractivity contribution in [3.8, 4) is 0 Å². The molecule has 0 aromatic carbocycles. The zero-order chi connectivity index (χ0) is 13.0. The summed E-state index contributed by atoms with van der Waals surface area (Å²) in [6, 6.07) is 1.84. The van der Waals surface area contributed by atoms with Gasteiger partial charge < -0.3 is 9.47 Å². The van der Waals surface area contributed by atoms with Crippen molar-refractivity contribution < 1.29 is 14.3 Å². The Morgan fingerprint density at radius 1 is 1.72 bits per heavy atom. The Morgan fingerprint density at radius 2 is 2.56 bits per heavy atom. The minimum Gasteiger partial charge on any atom is -0.381 e. The summed E-state index contributed by atoms with van der Waals surface area (Å²) in [6.07, 6.45) is 1.07. The molecule has 5 nitrogen and oxygen atoms in total. The number of hydrogen-bond donors (Lipinski definition) is 2. The lowest BCUT2D eigenvalue weighted by Crippen LogP contribution is -2.29. The van der Waals surface area contributed by atoms with Gasteiger partial charge in [0.1, 0.15) is 0 Å². The number of carbonyl (C=O) groups excluding carboxylic acids is 1. The van der Waals surface area contributed by atoms with Crippen molar-refractivity contribution in [3.63, 3.8) is 0 Å². The first-order valence-corrected chi connectivity index (χ1v) is 6.78. The molecule has 1 aromatic rings. The molecule has 1 saturated heterocycles. The van der Waals surface area contributed by atoms with E-state index >= 15 is 0 Å². The monoisotopic (exact) mass is 270 g/mol. The van der Waals surface area contributed by atoms with Crippen LogP contribution in [-0.4, -0.2) is 25.7 Å². The summed E-state index contributed by atoms with van der Waals surface area (Å²) < 4.78 is 11.0. The van der Waals surface area contributed by atoms with Gasteiger partial charge in [-0.3, -0.25) is 10.2 Å². The number of carbonyl (C=O) groups is 1. The minimum atomic E-state index is -0.251. The molecule has 1 aliphatic heterocycles. The van der Waals surface area contributed by atoms with Crippen LogP contribution in [0.15, 0.2) is 6.07 Å². The number of aryl methyl sites for hydroxylation is 1.